The van der Waals surface area contributed by atoms with Crippen LogP contribution in [0.2, 0.25) is 0 Å². The van der Waals surface area contributed by atoms with Crippen molar-refractivity contribution in [1.29, 1.82) is 0 Å². The molecule has 0 aliphatic heterocycles. The first kappa shape index (κ1) is 15.1. The number of nitrogens with zero attached hydrogens (tertiary/aromatic N) is 3. The Labute approximate surface area is 134 Å². The summed E-state index contributed by atoms with van der Waals surface area (Å²) >= 11 is 0. The second-order valence-electron chi connectivity index (χ2n) is 5.55. The first-order valence-electron chi connectivity index (χ1n) is 7.51. The molecule has 1 aromatic carbocycles. The zero-order valence-electron chi connectivity index (χ0n) is 13.4. The maximum Gasteiger partial charge on any atom is 0.251 e. The Balaban J connectivity index is 1.85. The number of pyridine rings is 1. The van der Waals surface area contributed by atoms with Crippen molar-refractivity contribution >= 4 is 16.9 Å². The molecule has 0 aliphatic rings. The van der Waals surface area contributed by atoms with Crippen molar-refractivity contribution in [2.45, 2.75) is 26.8 Å². The number of benzene rings is 1. The van der Waals surface area contributed by atoms with Gasteiger partial charge in [0, 0.05) is 11.8 Å². The highest BCUT2D eigenvalue weighted by atomic mass is 16.1. The van der Waals surface area contributed by atoms with E-state index in [1.165, 1.54) is 0 Å². The second kappa shape index (κ2) is 6.12. The van der Waals surface area contributed by atoms with E-state index in [0.717, 1.165) is 28.1 Å². The molecule has 1 unspecified atom stereocenters. The number of hydrogen-bond donors (Lipinski definition) is 1. The van der Waals surface area contributed by atoms with Crippen molar-refractivity contribution in [3.63, 3.8) is 0 Å². The lowest BCUT2D eigenvalue weighted by molar-refractivity contribution is 0.0939. The third-order valence-electron chi connectivity index (χ3n) is 3.82. The lowest BCUT2D eigenvalue weighted by Gasteiger charge is -2.13. The zero-order valence-corrected chi connectivity index (χ0v) is 13.4. The standard InChI is InChI=1S/C18H18N4O/c1-11-12(2)21-17-10-14(7-8-16(17)20-11)18(23)22-13(3)15-6-4-5-9-19-15/h4-10,13H,1-3H3,(H,22,23). The van der Waals surface area contributed by atoms with E-state index in [-0.39, 0.29) is 11.9 Å². The minimum atomic E-state index is -0.162. The summed E-state index contributed by atoms with van der Waals surface area (Å²) in [6.45, 7) is 5.75. The molecule has 0 fully saturated rings. The highest BCUT2D eigenvalue weighted by Gasteiger charge is 2.13. The SMILES string of the molecule is Cc1nc2ccc(C(=O)NC(C)c3ccccn3)cc2nc1C. The number of carbonyl (C=O) groups excluding carboxylic acids is 1. The average molecular weight is 306 g/mol. The molecule has 23 heavy (non-hydrogen) atoms. The van der Waals surface area contributed by atoms with Gasteiger partial charge < -0.3 is 5.32 Å². The predicted octanol–water partition coefficient (Wildman–Crippen LogP) is 3.13. The molecular formula is C18H18N4O. The Hall–Kier alpha value is -2.82. The van der Waals surface area contributed by atoms with Crippen LogP contribution in [0.25, 0.3) is 11.0 Å². The fraction of sp³-hybridized carbons (Fsp3) is 0.222. The summed E-state index contributed by atoms with van der Waals surface area (Å²) in [6.07, 6.45) is 1.72. The number of fused-ring (bicyclic) bond motifs is 1. The molecule has 2 heterocycles. The molecular weight excluding hydrogens is 288 g/mol. The van der Waals surface area contributed by atoms with Crippen LogP contribution in [-0.4, -0.2) is 20.9 Å². The summed E-state index contributed by atoms with van der Waals surface area (Å²) in [5, 5.41) is 2.95. The number of nitrogens with one attached hydrogen (secondary N) is 1. The van der Waals surface area contributed by atoms with E-state index in [4.69, 9.17) is 0 Å². The summed E-state index contributed by atoms with van der Waals surface area (Å²) in [5.74, 6) is -0.148. The molecule has 5 heteroatoms. The molecule has 3 aromatic rings. The van der Waals surface area contributed by atoms with Crippen LogP contribution in [0.3, 0.4) is 0 Å². The van der Waals surface area contributed by atoms with Crippen molar-refractivity contribution in [3.05, 3.63) is 65.2 Å². The first-order valence-corrected chi connectivity index (χ1v) is 7.51. The third kappa shape index (κ3) is 3.18. The normalized spacial score (nSPS) is 12.1. The van der Waals surface area contributed by atoms with E-state index >= 15 is 0 Å². The van der Waals surface area contributed by atoms with Gasteiger partial charge >= 0.3 is 0 Å². The Morgan fingerprint density at radius 1 is 1.04 bits per heavy atom. The van der Waals surface area contributed by atoms with Crippen LogP contribution >= 0.6 is 0 Å². The number of hydrogen-bond acceptors (Lipinski definition) is 4. The molecule has 5 nitrogen and oxygen atoms in total. The molecule has 1 N–H and O–H groups in total. The monoisotopic (exact) mass is 306 g/mol. The quantitative estimate of drug-likeness (QED) is 0.807. The van der Waals surface area contributed by atoms with Crippen LogP contribution in [-0.2, 0) is 0 Å². The van der Waals surface area contributed by atoms with E-state index in [1.807, 2.05) is 45.0 Å². The van der Waals surface area contributed by atoms with Gasteiger partial charge in [0.1, 0.15) is 0 Å². The van der Waals surface area contributed by atoms with Gasteiger partial charge in [-0.3, -0.25) is 9.78 Å². The molecule has 3 rings (SSSR count). The third-order valence-corrected chi connectivity index (χ3v) is 3.82. The summed E-state index contributed by atoms with van der Waals surface area (Å²) in [7, 11) is 0. The number of aromatic nitrogens is 3. The Morgan fingerprint density at radius 2 is 1.78 bits per heavy atom. The molecule has 0 spiro atoms. The predicted molar refractivity (Wildman–Crippen MR) is 89.1 cm³/mol. The maximum absolute atomic E-state index is 12.4. The van der Waals surface area contributed by atoms with Gasteiger partial charge in [0.25, 0.3) is 5.91 Å². The van der Waals surface area contributed by atoms with Crippen LogP contribution in [0.1, 0.15) is 40.4 Å². The number of amides is 1. The molecule has 0 saturated carbocycles. The van der Waals surface area contributed by atoms with Gasteiger partial charge in [0.15, 0.2) is 0 Å². The Morgan fingerprint density at radius 3 is 2.48 bits per heavy atom. The summed E-state index contributed by atoms with van der Waals surface area (Å²) in [5.41, 5.74) is 4.69. The van der Waals surface area contributed by atoms with Crippen molar-refractivity contribution in [2.24, 2.45) is 0 Å². The van der Waals surface area contributed by atoms with Gasteiger partial charge in [-0.15, -0.1) is 0 Å². The van der Waals surface area contributed by atoms with Crippen LogP contribution in [0.15, 0.2) is 42.6 Å². The van der Waals surface area contributed by atoms with E-state index in [2.05, 4.69) is 20.3 Å². The lowest BCUT2D eigenvalue weighted by Crippen LogP contribution is -2.27. The Kier molecular flexibility index (Phi) is 4.02. The highest BCUT2D eigenvalue weighted by Crippen LogP contribution is 2.16. The van der Waals surface area contributed by atoms with Gasteiger partial charge in [-0.2, -0.15) is 0 Å². The van der Waals surface area contributed by atoms with Gasteiger partial charge in [-0.25, -0.2) is 9.97 Å². The molecule has 0 radical (unpaired) electrons. The molecule has 0 aliphatic carbocycles. The number of rotatable bonds is 3. The molecule has 0 bridgehead atoms. The number of carbonyl (C=O) groups is 1. The van der Waals surface area contributed by atoms with Crippen molar-refractivity contribution < 1.29 is 4.79 Å². The van der Waals surface area contributed by atoms with Crippen molar-refractivity contribution in [1.82, 2.24) is 20.3 Å². The van der Waals surface area contributed by atoms with E-state index < -0.39 is 0 Å². The van der Waals surface area contributed by atoms with Crippen LogP contribution in [0, 0.1) is 13.8 Å². The van der Waals surface area contributed by atoms with Gasteiger partial charge in [0.05, 0.1) is 34.2 Å². The average Bonchev–Trinajstić information content (AvgIpc) is 2.56. The fourth-order valence-electron chi connectivity index (χ4n) is 2.36. The van der Waals surface area contributed by atoms with E-state index in [0.29, 0.717) is 5.56 Å². The highest BCUT2D eigenvalue weighted by molar-refractivity contribution is 5.97. The summed E-state index contributed by atoms with van der Waals surface area (Å²) < 4.78 is 0. The minimum Gasteiger partial charge on any atom is -0.344 e. The van der Waals surface area contributed by atoms with Crippen LogP contribution < -0.4 is 5.32 Å². The van der Waals surface area contributed by atoms with Crippen LogP contribution in [0.5, 0.6) is 0 Å². The first-order chi connectivity index (χ1) is 11.0. The van der Waals surface area contributed by atoms with Gasteiger partial charge in [0.2, 0.25) is 0 Å². The summed E-state index contributed by atoms with van der Waals surface area (Å²) in [4.78, 5) is 25.7. The molecule has 0 saturated heterocycles. The molecule has 2 aromatic heterocycles. The van der Waals surface area contributed by atoms with Crippen LogP contribution in [0.4, 0.5) is 0 Å². The van der Waals surface area contributed by atoms with Crippen molar-refractivity contribution in [3.8, 4) is 0 Å². The topological polar surface area (TPSA) is 67.8 Å². The molecule has 1 atom stereocenters. The van der Waals surface area contributed by atoms with Gasteiger partial charge in [-0.05, 0) is 51.1 Å². The maximum atomic E-state index is 12.4. The van der Waals surface area contributed by atoms with Crippen molar-refractivity contribution in [2.75, 3.05) is 0 Å². The smallest absolute Gasteiger partial charge is 0.251 e. The lowest BCUT2D eigenvalue weighted by atomic mass is 10.1. The zero-order chi connectivity index (χ0) is 16.4. The fourth-order valence-corrected chi connectivity index (χ4v) is 2.36. The minimum absolute atomic E-state index is 0.148. The Bertz CT molecular complexity index is 862. The van der Waals surface area contributed by atoms with E-state index in [1.54, 1.807) is 18.3 Å². The van der Waals surface area contributed by atoms with Gasteiger partial charge in [-0.1, -0.05) is 6.07 Å². The van der Waals surface area contributed by atoms with E-state index in [9.17, 15) is 4.79 Å². The molecule has 116 valence electrons. The second-order valence-corrected chi connectivity index (χ2v) is 5.55. The summed E-state index contributed by atoms with van der Waals surface area (Å²) in [6, 6.07) is 10.9. The molecule has 1 amide bonds. The largest absolute Gasteiger partial charge is 0.344 e. The number of aryl methyl sites for hydroxylation is 2.